The highest BCUT2D eigenvalue weighted by Crippen LogP contribution is 2.37. The third-order valence-corrected chi connectivity index (χ3v) is 10.2. The fourth-order valence-corrected chi connectivity index (χ4v) is 8.94. The molecule has 0 radical (unpaired) electrons. The average molecular weight is 418 g/mol. The van der Waals surface area contributed by atoms with Gasteiger partial charge in [0, 0.05) is 17.7 Å². The van der Waals surface area contributed by atoms with Gasteiger partial charge < -0.3 is 0 Å². The van der Waals surface area contributed by atoms with E-state index in [4.69, 9.17) is 6.57 Å². The Morgan fingerprint density at radius 3 is 2.29 bits per heavy atom. The predicted octanol–water partition coefficient (Wildman–Crippen LogP) is 5.51. The van der Waals surface area contributed by atoms with Crippen LogP contribution in [0.3, 0.4) is 0 Å². The first-order valence-corrected chi connectivity index (χ1v) is 13.6. The largest absolute Gasteiger partial charge is 0.238 e. The van der Waals surface area contributed by atoms with Gasteiger partial charge in [-0.15, -0.1) is 0 Å². The Labute approximate surface area is 185 Å². The van der Waals surface area contributed by atoms with Gasteiger partial charge in [0.05, 0.1) is 6.57 Å². The van der Waals surface area contributed by atoms with Gasteiger partial charge in [0.25, 0.3) is 0 Å². The van der Waals surface area contributed by atoms with Gasteiger partial charge >= 0.3 is 0 Å². The molecule has 0 saturated heterocycles. The normalized spacial score (nSPS) is 13.4. The summed E-state index contributed by atoms with van der Waals surface area (Å²) in [6.07, 6.45) is 2.16. The number of hydrogen-bond acceptors (Lipinski definition) is 0. The molecule has 0 unspecified atom stereocenters. The van der Waals surface area contributed by atoms with Crippen molar-refractivity contribution >= 4 is 24.1 Å². The Morgan fingerprint density at radius 1 is 0.806 bits per heavy atom. The smallest absolute Gasteiger partial charge is 0.213 e. The van der Waals surface area contributed by atoms with Crippen LogP contribution < -0.4 is 14.9 Å². The van der Waals surface area contributed by atoms with Crippen LogP contribution >= 0.6 is 0 Å². The molecule has 4 aromatic rings. The van der Waals surface area contributed by atoms with Crippen LogP contribution in [0.25, 0.3) is 38.4 Å². The fraction of sp³-hybridized carbons (Fsp3) is 0.143. The van der Waals surface area contributed by atoms with Crippen molar-refractivity contribution in [2.45, 2.75) is 20.0 Å². The van der Waals surface area contributed by atoms with Crippen LogP contribution in [-0.4, -0.2) is 8.07 Å². The Morgan fingerprint density at radius 2 is 1.55 bits per heavy atom. The van der Waals surface area contributed by atoms with Gasteiger partial charge in [-0.05, 0) is 45.1 Å². The SMILES string of the molecule is [C-]#[N+]c1cccc2c1[Si](C)(C)c1c-2ccc(C)c1-c1cc(-c2ccccc2)cc[n+]1C. The summed E-state index contributed by atoms with van der Waals surface area (Å²) in [4.78, 5) is 3.90. The molecule has 0 amide bonds. The highest BCUT2D eigenvalue weighted by molar-refractivity contribution is 7.05. The van der Waals surface area contributed by atoms with Crippen LogP contribution in [0.5, 0.6) is 0 Å². The molecule has 0 bridgehead atoms. The lowest BCUT2D eigenvalue weighted by atomic mass is 9.95. The third kappa shape index (κ3) is 2.87. The van der Waals surface area contributed by atoms with Crippen LogP contribution in [0, 0.1) is 13.5 Å². The molecule has 0 saturated carbocycles. The van der Waals surface area contributed by atoms with Gasteiger partial charge in [-0.1, -0.05) is 73.8 Å². The highest BCUT2D eigenvalue weighted by Gasteiger charge is 2.42. The number of hydrogen-bond donors (Lipinski definition) is 0. The minimum absolute atomic E-state index is 0.816. The van der Waals surface area contributed by atoms with Crippen LogP contribution in [0.15, 0.2) is 79.0 Å². The summed E-state index contributed by atoms with van der Waals surface area (Å²) >= 11 is 0. The molecule has 3 heteroatoms. The number of aryl methyl sites for hydroxylation is 2. The molecule has 1 aliphatic heterocycles. The molecule has 0 atom stereocenters. The van der Waals surface area contributed by atoms with E-state index in [1.807, 2.05) is 12.1 Å². The molecule has 0 spiro atoms. The molecular weight excluding hydrogens is 392 g/mol. The second kappa shape index (κ2) is 7.04. The lowest BCUT2D eigenvalue weighted by Crippen LogP contribution is -2.51. The monoisotopic (exact) mass is 417 g/mol. The second-order valence-electron chi connectivity index (χ2n) is 8.89. The van der Waals surface area contributed by atoms with E-state index in [0.29, 0.717) is 0 Å². The molecule has 0 fully saturated rings. The fourth-order valence-electron chi connectivity index (χ4n) is 5.18. The maximum atomic E-state index is 7.76. The summed E-state index contributed by atoms with van der Waals surface area (Å²) in [5.41, 5.74) is 9.68. The Kier molecular flexibility index (Phi) is 4.42. The summed E-state index contributed by atoms with van der Waals surface area (Å²) < 4.78 is 2.23. The quantitative estimate of drug-likeness (QED) is 0.231. The number of rotatable bonds is 2. The van der Waals surface area contributed by atoms with Crippen molar-refractivity contribution in [3.8, 4) is 33.5 Å². The molecule has 1 aromatic heterocycles. The molecule has 0 N–H and O–H groups in total. The van der Waals surface area contributed by atoms with E-state index < -0.39 is 8.07 Å². The average Bonchev–Trinajstić information content (AvgIpc) is 3.02. The molecule has 31 heavy (non-hydrogen) atoms. The van der Waals surface area contributed by atoms with Crippen molar-refractivity contribution in [2.24, 2.45) is 7.05 Å². The second-order valence-corrected chi connectivity index (χ2v) is 13.1. The maximum absolute atomic E-state index is 7.76. The minimum Gasteiger partial charge on any atom is -0.238 e. The predicted molar refractivity (Wildman–Crippen MR) is 132 cm³/mol. The molecule has 1 aliphatic rings. The summed E-state index contributed by atoms with van der Waals surface area (Å²) in [6, 6.07) is 25.8. The van der Waals surface area contributed by atoms with E-state index in [1.165, 1.54) is 49.4 Å². The highest BCUT2D eigenvalue weighted by atomic mass is 28.3. The van der Waals surface area contributed by atoms with Gasteiger partial charge in [0.15, 0.2) is 11.9 Å². The lowest BCUT2D eigenvalue weighted by molar-refractivity contribution is -0.660. The molecule has 150 valence electrons. The number of benzene rings is 3. The van der Waals surface area contributed by atoms with Crippen molar-refractivity contribution in [3.05, 3.63) is 96.0 Å². The van der Waals surface area contributed by atoms with Crippen LogP contribution in [-0.2, 0) is 7.05 Å². The van der Waals surface area contributed by atoms with E-state index >= 15 is 0 Å². The Hall–Kier alpha value is -3.48. The number of pyridine rings is 1. The van der Waals surface area contributed by atoms with E-state index in [9.17, 15) is 0 Å². The van der Waals surface area contributed by atoms with Gasteiger partial charge in [-0.3, -0.25) is 0 Å². The number of aromatic nitrogens is 1. The van der Waals surface area contributed by atoms with Gasteiger partial charge in [-0.2, -0.15) is 0 Å². The van der Waals surface area contributed by atoms with E-state index in [0.717, 1.165) is 5.69 Å². The summed E-state index contributed by atoms with van der Waals surface area (Å²) in [5, 5.41) is 2.74. The Balaban J connectivity index is 1.82. The van der Waals surface area contributed by atoms with E-state index in [-0.39, 0.29) is 0 Å². The first-order valence-electron chi connectivity index (χ1n) is 10.6. The van der Waals surface area contributed by atoms with E-state index in [2.05, 4.69) is 103 Å². The topological polar surface area (TPSA) is 8.24 Å². The van der Waals surface area contributed by atoms with Crippen LogP contribution in [0.4, 0.5) is 5.69 Å². The van der Waals surface area contributed by atoms with Crippen molar-refractivity contribution in [2.75, 3.05) is 0 Å². The third-order valence-electron chi connectivity index (χ3n) is 6.63. The molecule has 2 heterocycles. The van der Waals surface area contributed by atoms with Crippen LogP contribution in [0.1, 0.15) is 5.56 Å². The standard InChI is InChI=1S/C28H25N2Si/c1-19-14-15-23-22-12-9-13-24(29-2)27(22)31(4,5)28(23)26(19)25-18-21(16-17-30(25)3)20-10-7-6-8-11-20/h6-18H,1,3-5H3/q+1. The first-order chi connectivity index (χ1) is 14.9. The van der Waals surface area contributed by atoms with E-state index in [1.54, 1.807) is 0 Å². The Bertz CT molecular complexity index is 1380. The number of fused-ring (bicyclic) bond motifs is 3. The van der Waals surface area contributed by atoms with Gasteiger partial charge in [-0.25, -0.2) is 9.41 Å². The maximum Gasteiger partial charge on any atom is 0.213 e. The zero-order valence-electron chi connectivity index (χ0n) is 18.4. The molecule has 3 aromatic carbocycles. The minimum atomic E-state index is -2.05. The molecule has 5 rings (SSSR count). The number of nitrogens with zero attached hydrogens (tertiary/aromatic N) is 2. The zero-order valence-corrected chi connectivity index (χ0v) is 19.4. The summed E-state index contributed by atoms with van der Waals surface area (Å²) in [5.74, 6) is 0. The van der Waals surface area contributed by atoms with Crippen molar-refractivity contribution < 1.29 is 4.57 Å². The summed E-state index contributed by atoms with van der Waals surface area (Å²) in [7, 11) is 0.0767. The van der Waals surface area contributed by atoms with Crippen molar-refractivity contribution in [1.29, 1.82) is 0 Å². The molecule has 2 nitrogen and oxygen atoms in total. The van der Waals surface area contributed by atoms with Crippen molar-refractivity contribution in [1.82, 2.24) is 0 Å². The van der Waals surface area contributed by atoms with Crippen LogP contribution in [0.2, 0.25) is 13.1 Å². The molecular formula is C28H25N2Si+. The van der Waals surface area contributed by atoms with Gasteiger partial charge in [0.2, 0.25) is 5.69 Å². The van der Waals surface area contributed by atoms with Gasteiger partial charge in [0.1, 0.15) is 15.1 Å². The first kappa shape index (κ1) is 19.5. The molecule has 0 aliphatic carbocycles. The lowest BCUT2D eigenvalue weighted by Gasteiger charge is -2.23. The zero-order chi connectivity index (χ0) is 21.8. The summed E-state index contributed by atoms with van der Waals surface area (Å²) in [6.45, 7) is 14.8. The van der Waals surface area contributed by atoms with Crippen molar-refractivity contribution in [3.63, 3.8) is 0 Å².